The average molecular weight is 227 g/mol. The van der Waals surface area contributed by atoms with Gasteiger partial charge in [0.1, 0.15) is 5.82 Å². The van der Waals surface area contributed by atoms with Gasteiger partial charge in [0, 0.05) is 12.1 Å². The summed E-state index contributed by atoms with van der Waals surface area (Å²) in [5, 5.41) is 8.96. The van der Waals surface area contributed by atoms with Crippen LogP contribution in [0.15, 0.2) is 18.2 Å². The second-order valence-electron chi connectivity index (χ2n) is 3.51. The zero-order chi connectivity index (χ0) is 12.1. The molecular weight excluding hydrogens is 213 g/mol. The number of anilines is 1. The van der Waals surface area contributed by atoms with Gasteiger partial charge >= 0.3 is 5.97 Å². The molecule has 1 rings (SSSR count). The normalized spacial score (nSPS) is 12.2. The van der Waals surface area contributed by atoms with E-state index in [-0.39, 0.29) is 17.9 Å². The Kier molecular flexibility index (Phi) is 4.25. The van der Waals surface area contributed by atoms with Gasteiger partial charge < -0.3 is 15.6 Å². The van der Waals surface area contributed by atoms with Gasteiger partial charge in [-0.25, -0.2) is 9.18 Å². The number of nitrogens with two attached hydrogens (primary N) is 1. The molecule has 3 N–H and O–H groups in total. The fraction of sp³-hybridized carbons (Fsp3) is 0.364. The zero-order valence-corrected chi connectivity index (χ0v) is 8.94. The van der Waals surface area contributed by atoms with Crippen LogP contribution in [0.3, 0.4) is 0 Å². The van der Waals surface area contributed by atoms with Crippen molar-refractivity contribution in [1.82, 2.24) is 0 Å². The van der Waals surface area contributed by atoms with Gasteiger partial charge in [0.15, 0.2) is 0 Å². The third-order valence-corrected chi connectivity index (χ3v) is 2.00. The third kappa shape index (κ3) is 3.51. The number of nitrogen functional groups attached to an aromatic ring is 1. The Balaban J connectivity index is 2.62. The van der Waals surface area contributed by atoms with E-state index in [1.165, 1.54) is 12.1 Å². The summed E-state index contributed by atoms with van der Waals surface area (Å²) in [6.07, 6.45) is -0.210. The molecule has 16 heavy (non-hydrogen) atoms. The summed E-state index contributed by atoms with van der Waals surface area (Å²) >= 11 is 0. The minimum atomic E-state index is -0.683. The largest absolute Gasteiger partial charge is 0.462 e. The van der Waals surface area contributed by atoms with Gasteiger partial charge in [-0.3, -0.25) is 0 Å². The minimum absolute atomic E-state index is 0.00518. The lowest BCUT2D eigenvalue weighted by molar-refractivity contribution is 0.0445. The Hall–Kier alpha value is -1.62. The fourth-order valence-electron chi connectivity index (χ4n) is 1.11. The number of ether oxygens (including phenoxy) is 1. The van der Waals surface area contributed by atoms with Crippen LogP contribution in [0.1, 0.15) is 23.7 Å². The van der Waals surface area contributed by atoms with Gasteiger partial charge in [-0.05, 0) is 25.1 Å². The standard InChI is InChI=1S/C11H14FNO3/c1-7(14)4-5-16-11(15)9-6-8(12)2-3-10(9)13/h2-3,6-7,14H,4-5,13H2,1H3. The Morgan fingerprint density at radius 2 is 2.31 bits per heavy atom. The zero-order valence-electron chi connectivity index (χ0n) is 8.94. The van der Waals surface area contributed by atoms with E-state index in [1.54, 1.807) is 6.92 Å². The summed E-state index contributed by atoms with van der Waals surface area (Å²) in [7, 11) is 0. The molecule has 0 saturated carbocycles. The van der Waals surface area contributed by atoms with Gasteiger partial charge in [-0.1, -0.05) is 0 Å². The Labute approximate surface area is 92.8 Å². The van der Waals surface area contributed by atoms with Gasteiger partial charge in [0.05, 0.1) is 18.3 Å². The van der Waals surface area contributed by atoms with Crippen molar-refractivity contribution in [3.8, 4) is 0 Å². The molecule has 0 aliphatic heterocycles. The summed E-state index contributed by atoms with van der Waals surface area (Å²) in [4.78, 5) is 11.4. The van der Waals surface area contributed by atoms with E-state index >= 15 is 0 Å². The van der Waals surface area contributed by atoms with Crippen molar-refractivity contribution in [3.05, 3.63) is 29.6 Å². The number of aliphatic hydroxyl groups excluding tert-OH is 1. The molecule has 5 heteroatoms. The molecule has 0 saturated heterocycles. The second kappa shape index (κ2) is 5.46. The van der Waals surface area contributed by atoms with E-state index < -0.39 is 17.9 Å². The molecule has 0 fully saturated rings. The first-order valence-electron chi connectivity index (χ1n) is 4.91. The third-order valence-electron chi connectivity index (χ3n) is 2.00. The first kappa shape index (κ1) is 12.4. The number of aliphatic hydroxyl groups is 1. The highest BCUT2D eigenvalue weighted by molar-refractivity contribution is 5.95. The Morgan fingerprint density at radius 1 is 1.62 bits per heavy atom. The number of halogens is 1. The molecule has 0 heterocycles. The van der Waals surface area contributed by atoms with Crippen molar-refractivity contribution < 1.29 is 19.0 Å². The number of carbonyl (C=O) groups excluding carboxylic acids is 1. The summed E-state index contributed by atoms with van der Waals surface area (Å²) in [5.41, 5.74) is 5.68. The van der Waals surface area contributed by atoms with E-state index in [2.05, 4.69) is 0 Å². The van der Waals surface area contributed by atoms with E-state index in [4.69, 9.17) is 15.6 Å². The maximum atomic E-state index is 12.9. The SMILES string of the molecule is CC(O)CCOC(=O)c1cc(F)ccc1N. The molecule has 1 aromatic rings. The van der Waals surface area contributed by atoms with Crippen LogP contribution in [0.5, 0.6) is 0 Å². The van der Waals surface area contributed by atoms with Crippen LogP contribution in [0.2, 0.25) is 0 Å². The summed E-state index contributed by atoms with van der Waals surface area (Å²) in [5.74, 6) is -1.23. The highest BCUT2D eigenvalue weighted by Gasteiger charge is 2.12. The number of hydrogen-bond donors (Lipinski definition) is 2. The molecule has 0 aliphatic carbocycles. The van der Waals surface area contributed by atoms with Crippen molar-refractivity contribution in [1.29, 1.82) is 0 Å². The molecule has 0 aliphatic rings. The van der Waals surface area contributed by atoms with Crippen molar-refractivity contribution in [2.24, 2.45) is 0 Å². The first-order chi connectivity index (χ1) is 7.50. The first-order valence-corrected chi connectivity index (χ1v) is 4.91. The van der Waals surface area contributed by atoms with Crippen LogP contribution in [0.25, 0.3) is 0 Å². The van der Waals surface area contributed by atoms with Gasteiger partial charge in [-0.15, -0.1) is 0 Å². The lowest BCUT2D eigenvalue weighted by atomic mass is 10.2. The number of hydrogen-bond acceptors (Lipinski definition) is 4. The predicted molar refractivity (Wildman–Crippen MR) is 57.4 cm³/mol. The van der Waals surface area contributed by atoms with Crippen LogP contribution in [-0.2, 0) is 4.74 Å². The highest BCUT2D eigenvalue weighted by atomic mass is 19.1. The number of esters is 1. The van der Waals surface area contributed by atoms with Crippen molar-refractivity contribution in [2.45, 2.75) is 19.4 Å². The monoisotopic (exact) mass is 227 g/mol. The molecule has 1 aromatic carbocycles. The smallest absolute Gasteiger partial charge is 0.340 e. The van der Waals surface area contributed by atoms with Gasteiger partial charge in [0.2, 0.25) is 0 Å². The van der Waals surface area contributed by atoms with Crippen molar-refractivity contribution in [2.75, 3.05) is 12.3 Å². The van der Waals surface area contributed by atoms with E-state index in [0.717, 1.165) is 6.07 Å². The highest BCUT2D eigenvalue weighted by Crippen LogP contribution is 2.14. The molecule has 1 unspecified atom stereocenters. The molecule has 0 bridgehead atoms. The number of carbonyl (C=O) groups is 1. The number of benzene rings is 1. The van der Waals surface area contributed by atoms with Crippen LogP contribution < -0.4 is 5.73 Å². The summed E-state index contributed by atoms with van der Waals surface area (Å²) in [6.45, 7) is 1.66. The topological polar surface area (TPSA) is 72.5 Å². The Bertz CT molecular complexity index is 379. The molecule has 1 atom stereocenters. The lowest BCUT2D eigenvalue weighted by Crippen LogP contribution is -2.12. The molecule has 0 amide bonds. The predicted octanol–water partition coefficient (Wildman–Crippen LogP) is 1.34. The molecule has 4 nitrogen and oxygen atoms in total. The maximum absolute atomic E-state index is 12.9. The van der Waals surface area contributed by atoms with Crippen LogP contribution in [0.4, 0.5) is 10.1 Å². The lowest BCUT2D eigenvalue weighted by Gasteiger charge is -2.08. The van der Waals surface area contributed by atoms with Gasteiger partial charge in [-0.2, -0.15) is 0 Å². The molecule has 0 spiro atoms. The minimum Gasteiger partial charge on any atom is -0.462 e. The maximum Gasteiger partial charge on any atom is 0.340 e. The van der Waals surface area contributed by atoms with Crippen LogP contribution in [-0.4, -0.2) is 23.8 Å². The quantitative estimate of drug-likeness (QED) is 0.601. The average Bonchev–Trinajstić information content (AvgIpc) is 2.21. The molecule has 0 aromatic heterocycles. The summed E-state index contributed by atoms with van der Waals surface area (Å²) < 4.78 is 17.7. The van der Waals surface area contributed by atoms with Crippen molar-refractivity contribution in [3.63, 3.8) is 0 Å². The van der Waals surface area contributed by atoms with Crippen LogP contribution in [0, 0.1) is 5.82 Å². The summed E-state index contributed by atoms with van der Waals surface area (Å²) in [6, 6.07) is 3.50. The van der Waals surface area contributed by atoms with E-state index in [0.29, 0.717) is 6.42 Å². The van der Waals surface area contributed by atoms with E-state index in [9.17, 15) is 9.18 Å². The number of rotatable bonds is 4. The fourth-order valence-corrected chi connectivity index (χ4v) is 1.11. The van der Waals surface area contributed by atoms with Gasteiger partial charge in [0.25, 0.3) is 0 Å². The molecule has 0 radical (unpaired) electrons. The van der Waals surface area contributed by atoms with E-state index in [1.807, 2.05) is 0 Å². The molecule has 88 valence electrons. The Morgan fingerprint density at radius 3 is 2.94 bits per heavy atom. The van der Waals surface area contributed by atoms with Crippen molar-refractivity contribution >= 4 is 11.7 Å². The second-order valence-corrected chi connectivity index (χ2v) is 3.51. The van der Waals surface area contributed by atoms with Crippen LogP contribution >= 0.6 is 0 Å². The molecular formula is C11H14FNO3.